The number of primary amides is 1. The Hall–Kier alpha value is -1.91. The fourth-order valence-corrected chi connectivity index (χ4v) is 2.04. The standard InChI is InChI=1S/C13H10Cl2N2O2/c14-7-3-8(15)5-10(4-7)19-9-1-2-12(16)11(6-9)13(17)18/h1-6H,16H2,(H2,17,18). The van der Waals surface area contributed by atoms with E-state index >= 15 is 0 Å². The van der Waals surface area contributed by atoms with Crippen LogP contribution in [0.1, 0.15) is 10.4 Å². The zero-order valence-corrected chi connectivity index (χ0v) is 11.2. The first-order valence-electron chi connectivity index (χ1n) is 5.29. The van der Waals surface area contributed by atoms with Crippen molar-refractivity contribution in [3.05, 3.63) is 52.0 Å². The van der Waals surface area contributed by atoms with Crippen LogP contribution in [0.3, 0.4) is 0 Å². The van der Waals surface area contributed by atoms with Crippen LogP contribution in [-0.2, 0) is 0 Å². The van der Waals surface area contributed by atoms with E-state index in [1.54, 1.807) is 30.3 Å². The molecule has 0 fully saturated rings. The summed E-state index contributed by atoms with van der Waals surface area (Å²) >= 11 is 11.7. The van der Waals surface area contributed by atoms with Crippen molar-refractivity contribution in [3.8, 4) is 11.5 Å². The molecule has 0 aliphatic carbocycles. The van der Waals surface area contributed by atoms with Gasteiger partial charge in [-0.1, -0.05) is 23.2 Å². The van der Waals surface area contributed by atoms with E-state index in [2.05, 4.69) is 0 Å². The molecule has 0 aliphatic rings. The molecule has 98 valence electrons. The van der Waals surface area contributed by atoms with Gasteiger partial charge in [0.15, 0.2) is 0 Å². The molecule has 2 aromatic rings. The van der Waals surface area contributed by atoms with E-state index in [1.807, 2.05) is 0 Å². The maximum absolute atomic E-state index is 11.2. The van der Waals surface area contributed by atoms with E-state index in [1.165, 1.54) is 6.07 Å². The molecule has 6 heteroatoms. The second-order valence-corrected chi connectivity index (χ2v) is 4.69. The van der Waals surface area contributed by atoms with E-state index < -0.39 is 5.91 Å². The molecule has 0 aliphatic heterocycles. The molecule has 0 spiro atoms. The van der Waals surface area contributed by atoms with Gasteiger partial charge in [-0.25, -0.2) is 0 Å². The largest absolute Gasteiger partial charge is 0.457 e. The first-order chi connectivity index (χ1) is 8.95. The van der Waals surface area contributed by atoms with Crippen molar-refractivity contribution in [2.75, 3.05) is 5.73 Å². The monoisotopic (exact) mass is 296 g/mol. The number of nitrogens with two attached hydrogens (primary N) is 2. The molecular weight excluding hydrogens is 287 g/mol. The van der Waals surface area contributed by atoms with E-state index in [0.717, 1.165) is 0 Å². The minimum atomic E-state index is -0.618. The maximum Gasteiger partial charge on any atom is 0.250 e. The van der Waals surface area contributed by atoms with Gasteiger partial charge in [-0.2, -0.15) is 0 Å². The number of rotatable bonds is 3. The predicted octanol–water partition coefficient (Wildman–Crippen LogP) is 3.47. The fourth-order valence-electron chi connectivity index (χ4n) is 1.54. The van der Waals surface area contributed by atoms with Crippen LogP contribution in [-0.4, -0.2) is 5.91 Å². The lowest BCUT2D eigenvalue weighted by atomic mass is 10.1. The van der Waals surface area contributed by atoms with E-state index in [-0.39, 0.29) is 5.56 Å². The molecule has 0 radical (unpaired) electrons. The zero-order chi connectivity index (χ0) is 14.0. The lowest BCUT2D eigenvalue weighted by molar-refractivity contribution is 0.100. The second-order valence-electron chi connectivity index (χ2n) is 3.82. The summed E-state index contributed by atoms with van der Waals surface area (Å²) in [5.74, 6) is 0.256. The van der Waals surface area contributed by atoms with Crippen LogP contribution in [0.25, 0.3) is 0 Å². The zero-order valence-electron chi connectivity index (χ0n) is 9.69. The molecule has 0 unspecified atom stereocenters. The van der Waals surface area contributed by atoms with Crippen LogP contribution in [0.15, 0.2) is 36.4 Å². The van der Waals surface area contributed by atoms with Gasteiger partial charge in [0.25, 0.3) is 5.91 Å². The number of amides is 1. The van der Waals surface area contributed by atoms with Gasteiger partial charge in [0.1, 0.15) is 11.5 Å². The summed E-state index contributed by atoms with van der Waals surface area (Å²) in [6.45, 7) is 0. The highest BCUT2D eigenvalue weighted by molar-refractivity contribution is 6.34. The van der Waals surface area contributed by atoms with E-state index in [4.69, 9.17) is 39.4 Å². The van der Waals surface area contributed by atoms with Crippen molar-refractivity contribution >= 4 is 34.8 Å². The first-order valence-corrected chi connectivity index (χ1v) is 6.04. The quantitative estimate of drug-likeness (QED) is 0.851. The van der Waals surface area contributed by atoms with Crippen molar-refractivity contribution in [3.63, 3.8) is 0 Å². The van der Waals surface area contributed by atoms with Gasteiger partial charge < -0.3 is 16.2 Å². The molecule has 0 heterocycles. The van der Waals surface area contributed by atoms with Gasteiger partial charge in [0.2, 0.25) is 0 Å². The lowest BCUT2D eigenvalue weighted by Gasteiger charge is -2.09. The summed E-state index contributed by atoms with van der Waals surface area (Å²) in [6, 6.07) is 9.43. The molecule has 2 aromatic carbocycles. The fraction of sp³-hybridized carbons (Fsp3) is 0. The Balaban J connectivity index is 2.33. The minimum Gasteiger partial charge on any atom is -0.457 e. The van der Waals surface area contributed by atoms with Crippen LogP contribution < -0.4 is 16.2 Å². The van der Waals surface area contributed by atoms with Crippen molar-refractivity contribution in [1.82, 2.24) is 0 Å². The summed E-state index contributed by atoms with van der Waals surface area (Å²) in [4.78, 5) is 11.2. The SMILES string of the molecule is NC(=O)c1cc(Oc2cc(Cl)cc(Cl)c2)ccc1N. The third kappa shape index (κ3) is 3.30. The van der Waals surface area contributed by atoms with Crippen LogP contribution in [0.5, 0.6) is 11.5 Å². The van der Waals surface area contributed by atoms with Gasteiger partial charge in [-0.05, 0) is 36.4 Å². The summed E-state index contributed by atoms with van der Waals surface area (Å²) in [5.41, 5.74) is 11.3. The molecule has 0 saturated heterocycles. The molecule has 19 heavy (non-hydrogen) atoms. The number of halogens is 2. The predicted molar refractivity (Wildman–Crippen MR) is 75.9 cm³/mol. The highest BCUT2D eigenvalue weighted by Crippen LogP contribution is 2.29. The average molecular weight is 297 g/mol. The number of nitrogen functional groups attached to an aromatic ring is 1. The molecular formula is C13H10Cl2N2O2. The highest BCUT2D eigenvalue weighted by atomic mass is 35.5. The maximum atomic E-state index is 11.2. The number of carbonyl (C=O) groups is 1. The smallest absolute Gasteiger partial charge is 0.250 e. The number of ether oxygens (including phenoxy) is 1. The van der Waals surface area contributed by atoms with Crippen LogP contribution in [0, 0.1) is 0 Å². The number of anilines is 1. The topological polar surface area (TPSA) is 78.3 Å². The van der Waals surface area contributed by atoms with Crippen LogP contribution in [0.2, 0.25) is 10.0 Å². The van der Waals surface area contributed by atoms with E-state index in [9.17, 15) is 4.79 Å². The second kappa shape index (κ2) is 5.38. The van der Waals surface area contributed by atoms with Crippen molar-refractivity contribution in [2.45, 2.75) is 0 Å². The molecule has 0 bridgehead atoms. The summed E-state index contributed by atoms with van der Waals surface area (Å²) in [7, 11) is 0. The molecule has 4 N–H and O–H groups in total. The Kier molecular flexibility index (Phi) is 3.83. The lowest BCUT2D eigenvalue weighted by Crippen LogP contribution is -2.13. The Bertz CT molecular complexity index is 624. The first kappa shape index (κ1) is 13.5. The van der Waals surface area contributed by atoms with Gasteiger partial charge in [-0.3, -0.25) is 4.79 Å². The Morgan fingerprint density at radius 2 is 1.63 bits per heavy atom. The summed E-state index contributed by atoms with van der Waals surface area (Å²) in [6.07, 6.45) is 0. The van der Waals surface area contributed by atoms with Gasteiger partial charge in [0, 0.05) is 15.7 Å². The molecule has 0 aromatic heterocycles. The average Bonchev–Trinajstić information content (AvgIpc) is 2.30. The number of benzene rings is 2. The van der Waals surface area contributed by atoms with Gasteiger partial charge in [-0.15, -0.1) is 0 Å². The van der Waals surface area contributed by atoms with Crippen molar-refractivity contribution in [1.29, 1.82) is 0 Å². The Morgan fingerprint density at radius 1 is 1.00 bits per heavy atom. The molecule has 1 amide bonds. The number of hydrogen-bond donors (Lipinski definition) is 2. The van der Waals surface area contributed by atoms with E-state index in [0.29, 0.717) is 27.2 Å². The molecule has 4 nitrogen and oxygen atoms in total. The summed E-state index contributed by atoms with van der Waals surface area (Å²) < 4.78 is 5.55. The summed E-state index contributed by atoms with van der Waals surface area (Å²) in [5, 5.41) is 0.904. The third-order valence-corrected chi connectivity index (χ3v) is 2.80. The normalized spacial score (nSPS) is 10.2. The van der Waals surface area contributed by atoms with Crippen molar-refractivity contribution in [2.24, 2.45) is 5.73 Å². The van der Waals surface area contributed by atoms with Crippen LogP contribution >= 0.6 is 23.2 Å². The molecule has 0 atom stereocenters. The number of hydrogen-bond acceptors (Lipinski definition) is 3. The Labute approximate surface area is 119 Å². The Morgan fingerprint density at radius 3 is 2.21 bits per heavy atom. The molecule has 0 saturated carbocycles. The third-order valence-electron chi connectivity index (χ3n) is 2.36. The molecule has 2 rings (SSSR count). The van der Waals surface area contributed by atoms with Gasteiger partial charge >= 0.3 is 0 Å². The van der Waals surface area contributed by atoms with Crippen LogP contribution in [0.4, 0.5) is 5.69 Å². The van der Waals surface area contributed by atoms with Crippen molar-refractivity contribution < 1.29 is 9.53 Å². The van der Waals surface area contributed by atoms with Gasteiger partial charge in [0.05, 0.1) is 5.56 Å². The highest BCUT2D eigenvalue weighted by Gasteiger charge is 2.08. The number of carbonyl (C=O) groups excluding carboxylic acids is 1. The minimum absolute atomic E-state index is 0.200.